The highest BCUT2D eigenvalue weighted by molar-refractivity contribution is 6.30. The van der Waals surface area contributed by atoms with Crippen LogP contribution in [0.3, 0.4) is 0 Å². The van der Waals surface area contributed by atoms with Crippen molar-refractivity contribution in [2.75, 3.05) is 6.61 Å². The molecule has 0 unspecified atom stereocenters. The van der Waals surface area contributed by atoms with Crippen LogP contribution >= 0.6 is 11.6 Å². The van der Waals surface area contributed by atoms with Gasteiger partial charge < -0.3 is 9.47 Å². The number of halogens is 1. The van der Waals surface area contributed by atoms with Crippen molar-refractivity contribution in [3.05, 3.63) is 64.7 Å². The molecule has 0 saturated heterocycles. The third-order valence-electron chi connectivity index (χ3n) is 3.12. The molecule has 0 heterocycles. The normalized spacial score (nSPS) is 11.3. The monoisotopic (exact) mass is 388 g/mol. The first kappa shape index (κ1) is 20.5. The van der Waals surface area contributed by atoms with E-state index in [0.717, 1.165) is 5.56 Å². The van der Waals surface area contributed by atoms with Crippen LogP contribution in [-0.2, 0) is 9.53 Å². The van der Waals surface area contributed by atoms with Gasteiger partial charge in [0, 0.05) is 10.6 Å². The highest BCUT2D eigenvalue weighted by Crippen LogP contribution is 2.13. The number of carbonyl (C=O) groups excluding carboxylic acids is 2. The van der Waals surface area contributed by atoms with Crippen LogP contribution < -0.4 is 10.2 Å². The zero-order chi connectivity index (χ0) is 19.9. The van der Waals surface area contributed by atoms with Crippen molar-refractivity contribution in [1.82, 2.24) is 5.43 Å². The molecule has 0 saturated carbocycles. The Morgan fingerprint density at radius 1 is 1.15 bits per heavy atom. The highest BCUT2D eigenvalue weighted by atomic mass is 35.5. The van der Waals surface area contributed by atoms with Gasteiger partial charge in [-0.1, -0.05) is 17.7 Å². The van der Waals surface area contributed by atoms with Gasteiger partial charge in [0.1, 0.15) is 11.4 Å². The first-order chi connectivity index (χ1) is 12.7. The Kier molecular flexibility index (Phi) is 6.96. The maximum absolute atomic E-state index is 11.9. The molecule has 0 radical (unpaired) electrons. The summed E-state index contributed by atoms with van der Waals surface area (Å²) in [5, 5.41) is 4.39. The van der Waals surface area contributed by atoms with E-state index in [1.807, 2.05) is 0 Å². The Labute approximate surface area is 163 Å². The minimum Gasteiger partial charge on any atom is -0.482 e. The van der Waals surface area contributed by atoms with Crippen molar-refractivity contribution in [1.29, 1.82) is 0 Å². The smallest absolute Gasteiger partial charge is 0.344 e. The summed E-state index contributed by atoms with van der Waals surface area (Å²) in [4.78, 5) is 23.6. The maximum atomic E-state index is 11.9. The number of hydrogen-bond acceptors (Lipinski definition) is 5. The van der Waals surface area contributed by atoms with E-state index in [4.69, 9.17) is 21.1 Å². The van der Waals surface area contributed by atoms with Crippen molar-refractivity contribution in [3.63, 3.8) is 0 Å². The van der Waals surface area contributed by atoms with Crippen LogP contribution in [0.25, 0.3) is 0 Å². The molecule has 0 fully saturated rings. The summed E-state index contributed by atoms with van der Waals surface area (Å²) in [6, 6.07) is 13.5. The quantitative estimate of drug-likeness (QED) is 0.463. The summed E-state index contributed by atoms with van der Waals surface area (Å²) >= 11 is 5.85. The predicted octanol–water partition coefficient (Wildman–Crippen LogP) is 3.82. The number of hydrogen-bond donors (Lipinski definition) is 1. The molecule has 0 atom stereocenters. The van der Waals surface area contributed by atoms with Gasteiger partial charge in [0.25, 0.3) is 5.91 Å². The number of nitrogens with one attached hydrogen (secondary N) is 1. The Morgan fingerprint density at radius 3 is 2.48 bits per heavy atom. The number of amides is 1. The van der Waals surface area contributed by atoms with Crippen molar-refractivity contribution in [2.24, 2.45) is 5.10 Å². The molecule has 0 aromatic heterocycles. The second-order valence-corrected chi connectivity index (χ2v) is 7.09. The van der Waals surface area contributed by atoms with Gasteiger partial charge in [-0.3, -0.25) is 4.79 Å². The summed E-state index contributed by atoms with van der Waals surface area (Å²) in [6.07, 6.45) is 1.50. The molecule has 0 spiro atoms. The molecule has 0 aliphatic carbocycles. The molecule has 0 aliphatic heterocycles. The van der Waals surface area contributed by atoms with Gasteiger partial charge in [0.15, 0.2) is 6.61 Å². The highest BCUT2D eigenvalue weighted by Gasteiger charge is 2.16. The number of carbonyl (C=O) groups is 2. The van der Waals surface area contributed by atoms with Crippen LogP contribution in [0.1, 0.15) is 36.7 Å². The number of benzene rings is 2. The van der Waals surface area contributed by atoms with Crippen LogP contribution in [-0.4, -0.2) is 30.3 Å². The van der Waals surface area contributed by atoms with Crippen LogP contribution in [0, 0.1) is 0 Å². The van der Waals surface area contributed by atoms with E-state index >= 15 is 0 Å². The summed E-state index contributed by atoms with van der Waals surface area (Å²) < 4.78 is 10.5. The van der Waals surface area contributed by atoms with Gasteiger partial charge in [0.05, 0.1) is 6.21 Å². The first-order valence-electron chi connectivity index (χ1n) is 8.27. The van der Waals surface area contributed by atoms with Gasteiger partial charge in [-0.25, -0.2) is 10.2 Å². The summed E-state index contributed by atoms with van der Waals surface area (Å²) in [7, 11) is 0. The average Bonchev–Trinajstić information content (AvgIpc) is 2.59. The number of ether oxygens (including phenoxy) is 2. The third kappa shape index (κ3) is 7.50. The second kappa shape index (κ2) is 9.19. The van der Waals surface area contributed by atoms with Gasteiger partial charge in [0.2, 0.25) is 0 Å². The van der Waals surface area contributed by atoms with Crippen LogP contribution in [0.5, 0.6) is 5.75 Å². The van der Waals surface area contributed by atoms with Gasteiger partial charge in [-0.15, -0.1) is 0 Å². The standard InChI is InChI=1S/C20H21ClN2O4/c1-20(2,3)27-18(24)13-26-17-9-7-14(8-10-17)12-22-23-19(25)15-5-4-6-16(21)11-15/h4-12H,13H2,1-3H3,(H,23,25)/b22-12-. The largest absolute Gasteiger partial charge is 0.482 e. The molecule has 142 valence electrons. The van der Waals surface area contributed by atoms with Gasteiger partial charge in [-0.05, 0) is 68.8 Å². The minimum atomic E-state index is -0.545. The lowest BCUT2D eigenvalue weighted by atomic mass is 10.2. The Hall–Kier alpha value is -2.86. The number of rotatable bonds is 6. The molecular weight excluding hydrogens is 368 g/mol. The van der Waals surface area contributed by atoms with E-state index in [9.17, 15) is 9.59 Å². The fraction of sp³-hybridized carbons (Fsp3) is 0.250. The summed E-state index contributed by atoms with van der Waals surface area (Å²) in [6.45, 7) is 5.22. The maximum Gasteiger partial charge on any atom is 0.344 e. The molecule has 27 heavy (non-hydrogen) atoms. The van der Waals surface area contributed by atoms with Crippen LogP contribution in [0.4, 0.5) is 0 Å². The van der Waals surface area contributed by atoms with Crippen LogP contribution in [0.15, 0.2) is 53.6 Å². The molecule has 1 amide bonds. The average molecular weight is 389 g/mol. The van der Waals surface area contributed by atoms with E-state index in [0.29, 0.717) is 16.3 Å². The first-order valence-corrected chi connectivity index (χ1v) is 8.64. The molecule has 2 aromatic carbocycles. The second-order valence-electron chi connectivity index (χ2n) is 6.65. The Morgan fingerprint density at radius 2 is 1.85 bits per heavy atom. The number of hydrazone groups is 1. The fourth-order valence-corrected chi connectivity index (χ4v) is 2.21. The van der Waals surface area contributed by atoms with Gasteiger partial charge in [-0.2, -0.15) is 5.10 Å². The molecule has 0 bridgehead atoms. The third-order valence-corrected chi connectivity index (χ3v) is 3.36. The van der Waals surface area contributed by atoms with Crippen molar-refractivity contribution < 1.29 is 19.1 Å². The van der Waals surface area contributed by atoms with Crippen molar-refractivity contribution in [2.45, 2.75) is 26.4 Å². The summed E-state index contributed by atoms with van der Waals surface area (Å²) in [5.74, 6) is -0.260. The van der Waals surface area contributed by atoms with E-state index in [-0.39, 0.29) is 12.5 Å². The lowest BCUT2D eigenvalue weighted by molar-refractivity contribution is -0.157. The van der Waals surface area contributed by atoms with Crippen LogP contribution in [0.2, 0.25) is 5.02 Å². The molecule has 2 aromatic rings. The zero-order valence-corrected chi connectivity index (χ0v) is 16.1. The predicted molar refractivity (Wildman–Crippen MR) is 104 cm³/mol. The number of esters is 1. The molecule has 6 nitrogen and oxygen atoms in total. The molecule has 1 N–H and O–H groups in total. The lowest BCUT2D eigenvalue weighted by Gasteiger charge is -2.19. The molecule has 7 heteroatoms. The van der Waals surface area contributed by atoms with E-state index < -0.39 is 11.6 Å². The minimum absolute atomic E-state index is 0.166. The zero-order valence-electron chi connectivity index (χ0n) is 15.4. The molecule has 0 aliphatic rings. The van der Waals surface area contributed by atoms with Gasteiger partial charge >= 0.3 is 5.97 Å². The van der Waals surface area contributed by atoms with E-state index in [1.165, 1.54) is 6.21 Å². The number of nitrogens with zero attached hydrogens (tertiary/aromatic N) is 1. The molecule has 2 rings (SSSR count). The Balaban J connectivity index is 1.83. The summed E-state index contributed by atoms with van der Waals surface area (Å²) in [5.41, 5.74) is 3.06. The van der Waals surface area contributed by atoms with E-state index in [2.05, 4.69) is 10.5 Å². The fourth-order valence-electron chi connectivity index (χ4n) is 2.02. The SMILES string of the molecule is CC(C)(C)OC(=O)COc1ccc(/C=N\NC(=O)c2cccc(Cl)c2)cc1. The van der Waals surface area contributed by atoms with E-state index in [1.54, 1.807) is 69.3 Å². The lowest BCUT2D eigenvalue weighted by Crippen LogP contribution is -2.27. The molecular formula is C20H21ClN2O4. The topological polar surface area (TPSA) is 77.0 Å². The van der Waals surface area contributed by atoms with Crippen molar-refractivity contribution in [3.8, 4) is 5.75 Å². The van der Waals surface area contributed by atoms with Crippen molar-refractivity contribution >= 4 is 29.7 Å². The Bertz CT molecular complexity index is 827.